The number of hydroxylamine groups is 1. The van der Waals surface area contributed by atoms with E-state index in [4.69, 9.17) is 5.21 Å². The molecule has 7 heteroatoms. The Morgan fingerprint density at radius 1 is 1.17 bits per heavy atom. The van der Waals surface area contributed by atoms with E-state index in [1.54, 1.807) is 24.3 Å². The molecule has 2 rings (SSSR count). The molecule has 1 aromatic rings. The molecule has 0 heterocycles. The topological polar surface area (TPSA) is 86.7 Å². The fraction of sp³-hybridized carbons (Fsp3) is 0.562. The van der Waals surface area contributed by atoms with E-state index in [0.717, 1.165) is 25.7 Å². The summed E-state index contributed by atoms with van der Waals surface area (Å²) in [5, 5.41) is 8.72. The van der Waals surface area contributed by atoms with Crippen molar-refractivity contribution in [3.63, 3.8) is 0 Å². The summed E-state index contributed by atoms with van der Waals surface area (Å²) in [4.78, 5) is 11.5. The maximum Gasteiger partial charge on any atom is 0.258 e. The highest BCUT2D eigenvalue weighted by Gasteiger charge is 2.28. The van der Waals surface area contributed by atoms with Crippen LogP contribution < -0.4 is 5.48 Å². The molecule has 2 N–H and O–H groups in total. The molecule has 1 aliphatic rings. The Bertz CT molecular complexity index is 598. The zero-order valence-electron chi connectivity index (χ0n) is 13.1. The number of amides is 1. The van der Waals surface area contributed by atoms with Gasteiger partial charge in [0.1, 0.15) is 0 Å². The Hall–Kier alpha value is -1.44. The van der Waals surface area contributed by atoms with E-state index in [1.807, 2.05) is 6.07 Å². The van der Waals surface area contributed by atoms with Gasteiger partial charge in [0.25, 0.3) is 5.91 Å². The molecule has 1 saturated carbocycles. The van der Waals surface area contributed by atoms with Crippen molar-refractivity contribution >= 4 is 15.9 Å². The molecule has 0 aromatic heterocycles. The molecule has 0 bridgehead atoms. The van der Waals surface area contributed by atoms with E-state index in [-0.39, 0.29) is 18.2 Å². The molecular formula is C16H24N2O4S. The molecule has 1 amide bonds. The summed E-state index contributed by atoms with van der Waals surface area (Å²) in [7, 11) is -3.62. The number of nitrogens with zero attached hydrogens (tertiary/aromatic N) is 1. The van der Waals surface area contributed by atoms with Crippen molar-refractivity contribution in [3.8, 4) is 0 Å². The Morgan fingerprint density at radius 2 is 1.83 bits per heavy atom. The summed E-state index contributed by atoms with van der Waals surface area (Å²) in [5.41, 5.74) is 2.21. The van der Waals surface area contributed by atoms with Crippen LogP contribution in [0.25, 0.3) is 0 Å². The lowest BCUT2D eigenvalue weighted by atomic mass is 9.89. The molecule has 128 valence electrons. The van der Waals surface area contributed by atoms with E-state index >= 15 is 0 Å². The van der Waals surface area contributed by atoms with Crippen LogP contribution in [0.1, 0.15) is 37.7 Å². The normalized spacial score (nSPS) is 16.4. The summed E-state index contributed by atoms with van der Waals surface area (Å²) in [6, 6.07) is 8.91. The van der Waals surface area contributed by atoms with Gasteiger partial charge in [-0.15, -0.1) is 0 Å². The molecule has 0 radical (unpaired) electrons. The van der Waals surface area contributed by atoms with Crippen molar-refractivity contribution in [2.24, 2.45) is 5.92 Å². The summed E-state index contributed by atoms with van der Waals surface area (Å²) in [5.74, 6) is -0.572. The summed E-state index contributed by atoms with van der Waals surface area (Å²) in [6.45, 7) is -0.00917. The van der Waals surface area contributed by atoms with Crippen molar-refractivity contribution in [3.05, 3.63) is 35.9 Å². The van der Waals surface area contributed by atoms with Crippen LogP contribution in [0.5, 0.6) is 0 Å². The van der Waals surface area contributed by atoms with Gasteiger partial charge in [-0.2, -0.15) is 4.31 Å². The molecule has 0 atom stereocenters. The highest BCUT2D eigenvalue weighted by molar-refractivity contribution is 7.88. The average Bonchev–Trinajstić information content (AvgIpc) is 2.55. The van der Waals surface area contributed by atoms with Gasteiger partial charge in [0, 0.05) is 6.54 Å². The minimum atomic E-state index is -3.62. The standard InChI is InChI=1S/C16H24N2O4S/c19-16(17-20)12-18(11-14-7-3-1-4-8-14)23(21,22)13-15-9-5-2-6-10-15/h2,5-6,9-10,14,20H,1,3-4,7-8,11-13H2,(H,17,19). The predicted molar refractivity (Wildman–Crippen MR) is 87.1 cm³/mol. The Balaban J connectivity index is 2.11. The Morgan fingerprint density at radius 3 is 2.43 bits per heavy atom. The molecular weight excluding hydrogens is 316 g/mol. The minimum absolute atomic E-state index is 0.140. The molecule has 0 unspecified atom stereocenters. The van der Waals surface area contributed by atoms with Crippen LogP contribution in [-0.2, 0) is 20.6 Å². The Kier molecular flexibility index (Phi) is 6.56. The second-order valence-corrected chi connectivity index (χ2v) is 8.04. The van der Waals surface area contributed by atoms with Crippen LogP contribution in [-0.4, -0.2) is 36.9 Å². The number of hydrogen-bond donors (Lipinski definition) is 2. The first kappa shape index (κ1) is 17.9. The van der Waals surface area contributed by atoms with Crippen LogP contribution in [0.2, 0.25) is 0 Å². The fourth-order valence-corrected chi connectivity index (χ4v) is 4.55. The van der Waals surface area contributed by atoms with E-state index in [0.29, 0.717) is 12.1 Å². The quantitative estimate of drug-likeness (QED) is 0.586. The highest BCUT2D eigenvalue weighted by atomic mass is 32.2. The smallest absolute Gasteiger partial charge is 0.258 e. The van der Waals surface area contributed by atoms with Crippen LogP contribution in [0.15, 0.2) is 30.3 Å². The summed E-state index contributed by atoms with van der Waals surface area (Å²) >= 11 is 0. The zero-order chi connectivity index (χ0) is 16.7. The fourth-order valence-electron chi connectivity index (χ4n) is 3.01. The number of carbonyl (C=O) groups is 1. The van der Waals surface area contributed by atoms with Gasteiger partial charge in [-0.3, -0.25) is 10.0 Å². The lowest BCUT2D eigenvalue weighted by molar-refractivity contribution is -0.129. The number of carbonyl (C=O) groups excluding carboxylic acids is 1. The Labute approximate surface area is 137 Å². The zero-order valence-corrected chi connectivity index (χ0v) is 14.0. The van der Waals surface area contributed by atoms with Crippen LogP contribution >= 0.6 is 0 Å². The van der Waals surface area contributed by atoms with E-state index < -0.39 is 15.9 Å². The third-order valence-electron chi connectivity index (χ3n) is 4.22. The molecule has 23 heavy (non-hydrogen) atoms. The van der Waals surface area contributed by atoms with Gasteiger partial charge in [-0.1, -0.05) is 49.6 Å². The van der Waals surface area contributed by atoms with Crippen LogP contribution in [0.4, 0.5) is 0 Å². The highest BCUT2D eigenvalue weighted by Crippen LogP contribution is 2.25. The van der Waals surface area contributed by atoms with Gasteiger partial charge >= 0.3 is 0 Å². The number of rotatable bonds is 7. The molecule has 0 spiro atoms. The largest absolute Gasteiger partial charge is 0.289 e. The molecule has 6 nitrogen and oxygen atoms in total. The summed E-state index contributed by atoms with van der Waals surface area (Å²) < 4.78 is 26.6. The van der Waals surface area contributed by atoms with Crippen molar-refractivity contribution < 1.29 is 18.4 Å². The van der Waals surface area contributed by atoms with Crippen LogP contribution in [0.3, 0.4) is 0 Å². The summed E-state index contributed by atoms with van der Waals surface area (Å²) in [6.07, 6.45) is 5.35. The van der Waals surface area contributed by atoms with Crippen LogP contribution in [0, 0.1) is 5.92 Å². The lowest BCUT2D eigenvalue weighted by Crippen LogP contribution is -2.43. The van der Waals surface area contributed by atoms with E-state index in [2.05, 4.69) is 0 Å². The lowest BCUT2D eigenvalue weighted by Gasteiger charge is -2.28. The average molecular weight is 340 g/mol. The number of sulfonamides is 1. The first-order valence-corrected chi connectivity index (χ1v) is 9.57. The number of hydrogen-bond acceptors (Lipinski definition) is 4. The maximum atomic E-state index is 12.7. The second-order valence-electron chi connectivity index (χ2n) is 6.07. The third kappa shape index (κ3) is 5.60. The van der Waals surface area contributed by atoms with Gasteiger partial charge in [0.2, 0.25) is 10.0 Å². The van der Waals surface area contributed by atoms with Gasteiger partial charge < -0.3 is 0 Å². The number of nitrogens with one attached hydrogen (secondary N) is 1. The van der Waals surface area contributed by atoms with Gasteiger partial charge in [-0.25, -0.2) is 13.9 Å². The monoisotopic (exact) mass is 340 g/mol. The predicted octanol–water partition coefficient (Wildman–Crippen LogP) is 1.90. The first-order chi connectivity index (χ1) is 11.0. The maximum absolute atomic E-state index is 12.7. The molecule has 1 fully saturated rings. The number of benzene rings is 1. The van der Waals surface area contributed by atoms with E-state index in [1.165, 1.54) is 16.2 Å². The van der Waals surface area contributed by atoms with Crippen molar-refractivity contribution in [1.82, 2.24) is 9.79 Å². The SMILES string of the molecule is O=C(CN(CC1CCCCC1)S(=O)(=O)Cc1ccccc1)NO. The van der Waals surface area contributed by atoms with Crippen molar-refractivity contribution in [1.29, 1.82) is 0 Å². The minimum Gasteiger partial charge on any atom is -0.289 e. The second kappa shape index (κ2) is 8.42. The van der Waals surface area contributed by atoms with Gasteiger partial charge in [-0.05, 0) is 24.3 Å². The van der Waals surface area contributed by atoms with Gasteiger partial charge in [0.05, 0.1) is 12.3 Å². The first-order valence-electron chi connectivity index (χ1n) is 7.96. The molecule has 1 aromatic carbocycles. The third-order valence-corrected chi connectivity index (χ3v) is 5.98. The molecule has 1 aliphatic carbocycles. The van der Waals surface area contributed by atoms with Gasteiger partial charge in [0.15, 0.2) is 0 Å². The van der Waals surface area contributed by atoms with Crippen molar-refractivity contribution in [2.45, 2.75) is 37.9 Å². The van der Waals surface area contributed by atoms with E-state index in [9.17, 15) is 13.2 Å². The molecule has 0 aliphatic heterocycles. The van der Waals surface area contributed by atoms with Crippen molar-refractivity contribution in [2.75, 3.05) is 13.1 Å². The molecule has 0 saturated heterocycles.